The van der Waals surface area contributed by atoms with Gasteiger partial charge in [-0.1, -0.05) is 104 Å². The van der Waals surface area contributed by atoms with Crippen LogP contribution in [0.5, 0.6) is 0 Å². The zero-order chi connectivity index (χ0) is 28.7. The second-order valence-electron chi connectivity index (χ2n) is 11.8. The molecule has 1 aliphatic heterocycles. The number of aryl methyl sites for hydroxylation is 1. The molecule has 7 heteroatoms. The number of β-lactam (4-membered cyclic amide) rings is 1. The molecule has 0 spiro atoms. The van der Waals surface area contributed by atoms with Crippen molar-refractivity contribution in [3.05, 3.63) is 126 Å². The first-order valence-electron chi connectivity index (χ1n) is 13.8. The molecule has 1 amide bonds. The highest BCUT2D eigenvalue weighted by atomic mass is 32.2. The standard InChI is InChI=1S/C33H37N3O2SSi/c1-31(2,3)36-29(38)33(40(5)6,28(37)27-22-23-35(4)34-27)30(36)39-32(24-16-10-7-11-17-24,25-18-12-8-13-19-25)26-20-14-9-15-21-26/h7-23,30,40H,1-6H3. The summed E-state index contributed by atoms with van der Waals surface area (Å²) in [5.74, 6) is -0.223. The fraction of sp³-hybridized carbons (Fsp3) is 0.303. The van der Waals surface area contributed by atoms with Gasteiger partial charge in [-0.3, -0.25) is 14.3 Å². The monoisotopic (exact) mass is 567 g/mol. The number of aromatic nitrogens is 2. The van der Waals surface area contributed by atoms with Crippen LogP contribution in [0.2, 0.25) is 18.1 Å². The lowest BCUT2D eigenvalue weighted by atomic mass is 9.83. The first kappa shape index (κ1) is 28.1. The van der Waals surface area contributed by atoms with Gasteiger partial charge in [0.15, 0.2) is 5.78 Å². The molecule has 0 radical (unpaired) electrons. The highest BCUT2D eigenvalue weighted by Crippen LogP contribution is 2.63. The summed E-state index contributed by atoms with van der Waals surface area (Å²) < 4.78 is 0.968. The molecule has 0 bridgehead atoms. The number of rotatable bonds is 8. The van der Waals surface area contributed by atoms with Crippen LogP contribution < -0.4 is 0 Å². The molecule has 5 nitrogen and oxygen atoms in total. The average molecular weight is 568 g/mol. The summed E-state index contributed by atoms with van der Waals surface area (Å²) in [5.41, 5.74) is 3.21. The molecule has 0 N–H and O–H groups in total. The second kappa shape index (κ2) is 10.5. The van der Waals surface area contributed by atoms with Gasteiger partial charge < -0.3 is 4.90 Å². The van der Waals surface area contributed by atoms with Gasteiger partial charge in [-0.15, -0.1) is 11.8 Å². The van der Waals surface area contributed by atoms with Crippen LogP contribution in [-0.4, -0.2) is 46.1 Å². The molecule has 0 saturated carbocycles. The quantitative estimate of drug-likeness (QED) is 0.0800. The number of carbonyl (C=O) groups is 2. The van der Waals surface area contributed by atoms with Crippen molar-refractivity contribution >= 4 is 32.2 Å². The van der Waals surface area contributed by atoms with E-state index < -0.39 is 24.1 Å². The fourth-order valence-electron chi connectivity index (χ4n) is 5.99. The summed E-state index contributed by atoms with van der Waals surface area (Å²) in [4.78, 5) is 30.8. The minimum absolute atomic E-state index is 0.0714. The molecule has 1 saturated heterocycles. The maximum Gasteiger partial charge on any atom is 0.237 e. The van der Waals surface area contributed by atoms with Crippen LogP contribution in [-0.2, 0) is 16.6 Å². The Bertz CT molecular complexity index is 1400. The van der Waals surface area contributed by atoms with Gasteiger partial charge in [0.25, 0.3) is 0 Å². The number of hydrogen-bond acceptors (Lipinski definition) is 4. The normalized spacial score (nSPS) is 19.5. The third-order valence-corrected chi connectivity index (χ3v) is 12.7. The second-order valence-corrected chi connectivity index (χ2v) is 16.3. The predicted molar refractivity (Wildman–Crippen MR) is 166 cm³/mol. The molecule has 2 heterocycles. The molecular weight excluding hydrogens is 531 g/mol. The van der Waals surface area contributed by atoms with Gasteiger partial charge in [0.05, 0.1) is 18.9 Å². The lowest BCUT2D eigenvalue weighted by molar-refractivity contribution is -0.153. The van der Waals surface area contributed by atoms with E-state index in [9.17, 15) is 9.59 Å². The van der Waals surface area contributed by atoms with Crippen molar-refractivity contribution < 1.29 is 9.59 Å². The highest BCUT2D eigenvalue weighted by Gasteiger charge is 2.71. The van der Waals surface area contributed by atoms with E-state index in [0.29, 0.717) is 5.69 Å². The first-order chi connectivity index (χ1) is 19.0. The number of hydrogen-bond donors (Lipinski definition) is 0. The minimum Gasteiger partial charge on any atom is -0.324 e. The molecule has 0 aliphatic carbocycles. The third-order valence-electron chi connectivity index (χ3n) is 7.98. The Morgan fingerprint density at radius 3 is 1.62 bits per heavy atom. The zero-order valence-corrected chi connectivity index (χ0v) is 26.0. The summed E-state index contributed by atoms with van der Waals surface area (Å²) in [5, 5.41) is 2.96. The van der Waals surface area contributed by atoms with Crippen molar-refractivity contribution in [2.75, 3.05) is 0 Å². The van der Waals surface area contributed by atoms with Crippen LogP contribution in [0.15, 0.2) is 103 Å². The molecule has 3 aromatic carbocycles. The van der Waals surface area contributed by atoms with Gasteiger partial charge in [0.2, 0.25) is 5.91 Å². The first-order valence-corrected chi connectivity index (χ1v) is 17.5. The summed E-state index contributed by atoms with van der Waals surface area (Å²) in [7, 11) is -0.137. The highest BCUT2D eigenvalue weighted by molar-refractivity contribution is 8.01. The van der Waals surface area contributed by atoms with E-state index in [1.54, 1.807) is 35.8 Å². The maximum atomic E-state index is 14.5. The number of likely N-dealkylation sites (tertiary alicyclic amines) is 1. The smallest absolute Gasteiger partial charge is 0.237 e. The third kappa shape index (κ3) is 4.36. The van der Waals surface area contributed by atoms with Crippen molar-refractivity contribution in [2.24, 2.45) is 7.05 Å². The van der Waals surface area contributed by atoms with Crippen molar-refractivity contribution in [3.8, 4) is 0 Å². The predicted octanol–water partition coefficient (Wildman–Crippen LogP) is 6.52. The number of nitrogens with zero attached hydrogens (tertiary/aromatic N) is 3. The Kier molecular flexibility index (Phi) is 7.40. The Hall–Kier alpha value is -3.42. The Labute approximate surface area is 243 Å². The number of thioether (sulfide) groups is 1. The Morgan fingerprint density at radius 1 is 0.825 bits per heavy atom. The molecule has 40 heavy (non-hydrogen) atoms. The number of amides is 1. The van der Waals surface area contributed by atoms with Gasteiger partial charge in [0, 0.05) is 18.8 Å². The average Bonchev–Trinajstić information content (AvgIpc) is 3.38. The van der Waals surface area contributed by atoms with Crippen molar-refractivity contribution in [1.29, 1.82) is 0 Å². The molecular formula is C33H37N3O2SSi. The number of Topliss-reactive ketones (excluding diaryl/α,β-unsaturated/α-hetero) is 1. The van der Waals surface area contributed by atoms with Crippen LogP contribution in [0.1, 0.15) is 48.0 Å². The van der Waals surface area contributed by atoms with Crippen LogP contribution >= 0.6 is 11.8 Å². The van der Waals surface area contributed by atoms with Crippen LogP contribution in [0.25, 0.3) is 0 Å². The molecule has 5 rings (SSSR count). The Balaban J connectivity index is 1.80. The fourth-order valence-corrected chi connectivity index (χ4v) is 11.1. The lowest BCUT2D eigenvalue weighted by Crippen LogP contribution is -2.75. The minimum atomic E-state index is -1.94. The van der Waals surface area contributed by atoms with Gasteiger partial charge in [-0.05, 0) is 43.5 Å². The van der Waals surface area contributed by atoms with E-state index in [0.717, 1.165) is 16.7 Å². The molecule has 1 fully saturated rings. The van der Waals surface area contributed by atoms with Gasteiger partial charge in [0.1, 0.15) is 10.7 Å². The SMILES string of the molecule is Cn1ccc(C(=O)C2([SiH](C)C)C(=O)N(C(C)(C)C)C2SC(c2ccccc2)(c2ccccc2)c2ccccc2)n1. The summed E-state index contributed by atoms with van der Waals surface area (Å²) in [6.07, 6.45) is 1.78. The molecule has 2 unspecified atom stereocenters. The van der Waals surface area contributed by atoms with Gasteiger partial charge in [-0.2, -0.15) is 5.10 Å². The van der Waals surface area contributed by atoms with Crippen LogP contribution in [0, 0.1) is 0 Å². The number of carbonyl (C=O) groups excluding carboxylic acids is 2. The van der Waals surface area contributed by atoms with Gasteiger partial charge >= 0.3 is 0 Å². The van der Waals surface area contributed by atoms with Crippen LogP contribution in [0.3, 0.4) is 0 Å². The van der Waals surface area contributed by atoms with E-state index in [4.69, 9.17) is 0 Å². The van der Waals surface area contributed by atoms with Crippen molar-refractivity contribution in [1.82, 2.24) is 14.7 Å². The zero-order valence-electron chi connectivity index (χ0n) is 24.0. The molecule has 1 aliphatic rings. The van der Waals surface area contributed by atoms with E-state index in [-0.39, 0.29) is 17.1 Å². The molecule has 1 aromatic heterocycles. The van der Waals surface area contributed by atoms with E-state index in [2.05, 4.69) is 112 Å². The lowest BCUT2D eigenvalue weighted by Gasteiger charge is -2.62. The molecule has 4 aromatic rings. The topological polar surface area (TPSA) is 55.2 Å². The summed E-state index contributed by atoms with van der Waals surface area (Å²) in [6.45, 7) is 10.4. The maximum absolute atomic E-state index is 14.5. The number of ketones is 1. The molecule has 206 valence electrons. The summed E-state index contributed by atoms with van der Waals surface area (Å²) in [6, 6.07) is 33.1. The number of benzene rings is 3. The van der Waals surface area contributed by atoms with Crippen molar-refractivity contribution in [3.63, 3.8) is 0 Å². The van der Waals surface area contributed by atoms with Gasteiger partial charge in [-0.25, -0.2) is 0 Å². The summed E-state index contributed by atoms with van der Waals surface area (Å²) >= 11 is 1.73. The van der Waals surface area contributed by atoms with Crippen LogP contribution in [0.4, 0.5) is 0 Å². The van der Waals surface area contributed by atoms with Crippen molar-refractivity contribution in [2.45, 2.75) is 54.6 Å². The van der Waals surface area contributed by atoms with E-state index >= 15 is 0 Å². The Morgan fingerprint density at radius 2 is 1.27 bits per heavy atom. The van der Waals surface area contributed by atoms with E-state index in [1.807, 2.05) is 23.1 Å². The molecule has 2 atom stereocenters. The van der Waals surface area contributed by atoms with E-state index in [1.165, 1.54) is 0 Å². The largest absolute Gasteiger partial charge is 0.324 e.